The number of hydrogen-bond acceptors (Lipinski definition) is 2. The van der Waals surface area contributed by atoms with Crippen molar-refractivity contribution in [2.45, 2.75) is 52.9 Å². The molecule has 0 bridgehead atoms. The maximum Gasteiger partial charge on any atom is 0.0931 e. The van der Waals surface area contributed by atoms with Gasteiger partial charge in [-0.2, -0.15) is 0 Å². The van der Waals surface area contributed by atoms with Crippen LogP contribution in [0.1, 0.15) is 51.3 Å². The minimum atomic E-state index is 0.507. The molecule has 0 spiro atoms. The summed E-state index contributed by atoms with van der Waals surface area (Å²) in [5.41, 5.74) is 0.507. The van der Waals surface area contributed by atoms with E-state index in [1.807, 2.05) is 6.07 Å². The Hall–Kier alpha value is -0.0500. The third-order valence-corrected chi connectivity index (χ3v) is 5.85. The molecule has 1 aliphatic carbocycles. The lowest BCUT2D eigenvalue weighted by atomic mass is 9.66. The lowest BCUT2D eigenvalue weighted by Gasteiger charge is -2.41. The molecule has 3 heteroatoms. The highest BCUT2D eigenvalue weighted by Gasteiger charge is 2.34. The predicted octanol–water partition coefficient (Wildman–Crippen LogP) is 5.39. The summed E-state index contributed by atoms with van der Waals surface area (Å²) in [5, 5.41) is 3.63. The van der Waals surface area contributed by atoms with Gasteiger partial charge in [0.15, 0.2) is 0 Å². The summed E-state index contributed by atoms with van der Waals surface area (Å²) in [6.45, 7) is 9.43. The van der Waals surface area contributed by atoms with Crippen molar-refractivity contribution in [2.75, 3.05) is 13.1 Å². The van der Waals surface area contributed by atoms with Crippen LogP contribution in [-0.2, 0) is 6.42 Å². The van der Waals surface area contributed by atoms with E-state index in [4.69, 9.17) is 11.6 Å². The summed E-state index contributed by atoms with van der Waals surface area (Å²) < 4.78 is 0.927. The fraction of sp³-hybridized carbons (Fsp3) is 0.765. The molecule has 2 unspecified atom stereocenters. The number of nitrogens with one attached hydrogen (secondary N) is 1. The highest BCUT2D eigenvalue weighted by atomic mass is 35.5. The molecule has 2 atom stereocenters. The van der Waals surface area contributed by atoms with Crippen LogP contribution in [0.3, 0.4) is 0 Å². The average molecular weight is 314 g/mol. The monoisotopic (exact) mass is 313 g/mol. The van der Waals surface area contributed by atoms with Crippen molar-refractivity contribution < 1.29 is 0 Å². The Labute approximate surface area is 133 Å². The first kappa shape index (κ1) is 16.3. The maximum atomic E-state index is 6.08. The van der Waals surface area contributed by atoms with Crippen LogP contribution in [-0.4, -0.2) is 13.1 Å². The van der Waals surface area contributed by atoms with E-state index in [2.05, 4.69) is 32.2 Å². The van der Waals surface area contributed by atoms with Crippen LogP contribution in [0.4, 0.5) is 0 Å². The Bertz CT molecular complexity index is 413. The SMILES string of the molecule is CCCNCC1CCC(C)(C)CC1Cc1ccc(Cl)s1. The predicted molar refractivity (Wildman–Crippen MR) is 90.8 cm³/mol. The van der Waals surface area contributed by atoms with Gasteiger partial charge < -0.3 is 5.32 Å². The minimum Gasteiger partial charge on any atom is -0.316 e. The van der Waals surface area contributed by atoms with E-state index < -0.39 is 0 Å². The molecule has 0 aliphatic heterocycles. The van der Waals surface area contributed by atoms with Crippen molar-refractivity contribution in [1.82, 2.24) is 5.32 Å². The lowest BCUT2D eigenvalue weighted by molar-refractivity contribution is 0.116. The molecule has 1 aromatic rings. The molecular formula is C17H28ClNS. The number of thiophene rings is 1. The van der Waals surface area contributed by atoms with Gasteiger partial charge in [-0.05, 0) is 74.6 Å². The molecule has 1 aliphatic rings. The van der Waals surface area contributed by atoms with Gasteiger partial charge in [-0.3, -0.25) is 0 Å². The fourth-order valence-corrected chi connectivity index (χ4v) is 4.66. The van der Waals surface area contributed by atoms with Crippen LogP contribution < -0.4 is 5.32 Å². The van der Waals surface area contributed by atoms with E-state index in [1.54, 1.807) is 11.3 Å². The van der Waals surface area contributed by atoms with Crippen LogP contribution in [0.2, 0.25) is 4.34 Å². The number of rotatable bonds is 6. The maximum absolute atomic E-state index is 6.08. The molecule has 0 aromatic carbocycles. The fourth-order valence-electron chi connectivity index (χ4n) is 3.48. The highest BCUT2D eigenvalue weighted by Crippen LogP contribution is 2.43. The van der Waals surface area contributed by atoms with Crippen LogP contribution in [0, 0.1) is 17.3 Å². The first-order valence-corrected chi connectivity index (χ1v) is 9.14. The van der Waals surface area contributed by atoms with Crippen LogP contribution in [0.25, 0.3) is 0 Å². The molecule has 1 heterocycles. The van der Waals surface area contributed by atoms with Crippen molar-refractivity contribution >= 4 is 22.9 Å². The summed E-state index contributed by atoms with van der Waals surface area (Å²) >= 11 is 7.84. The summed E-state index contributed by atoms with van der Waals surface area (Å²) in [5.74, 6) is 1.63. The van der Waals surface area contributed by atoms with Crippen LogP contribution in [0.15, 0.2) is 12.1 Å². The van der Waals surface area contributed by atoms with Gasteiger partial charge in [-0.15, -0.1) is 11.3 Å². The minimum absolute atomic E-state index is 0.507. The Morgan fingerprint density at radius 1 is 1.35 bits per heavy atom. The molecule has 1 nitrogen and oxygen atoms in total. The van der Waals surface area contributed by atoms with Gasteiger partial charge in [-0.1, -0.05) is 32.4 Å². The summed E-state index contributed by atoms with van der Waals surface area (Å²) in [6, 6.07) is 4.25. The lowest BCUT2D eigenvalue weighted by Crippen LogP contribution is -2.37. The largest absolute Gasteiger partial charge is 0.316 e. The molecule has 1 fully saturated rings. The Morgan fingerprint density at radius 2 is 2.15 bits per heavy atom. The molecule has 1 aromatic heterocycles. The van der Waals surface area contributed by atoms with Crippen LogP contribution >= 0.6 is 22.9 Å². The van der Waals surface area contributed by atoms with E-state index in [1.165, 1.54) is 43.5 Å². The van der Waals surface area contributed by atoms with Crippen molar-refractivity contribution in [3.05, 3.63) is 21.3 Å². The van der Waals surface area contributed by atoms with Crippen molar-refractivity contribution in [3.63, 3.8) is 0 Å². The van der Waals surface area contributed by atoms with E-state index in [-0.39, 0.29) is 0 Å². The topological polar surface area (TPSA) is 12.0 Å². The Morgan fingerprint density at radius 3 is 2.80 bits per heavy atom. The Kier molecular flexibility index (Phi) is 5.95. The van der Waals surface area contributed by atoms with Gasteiger partial charge in [0.2, 0.25) is 0 Å². The Balaban J connectivity index is 1.98. The standard InChI is InChI=1S/C17H28ClNS/c1-4-9-19-12-13-7-8-17(2,3)11-14(13)10-15-5-6-16(18)20-15/h5-6,13-14,19H,4,7-12H2,1-3H3. The molecule has 114 valence electrons. The van der Waals surface area contributed by atoms with Crippen LogP contribution in [0.5, 0.6) is 0 Å². The number of halogens is 1. The third-order valence-electron chi connectivity index (χ3n) is 4.60. The second-order valence-corrected chi connectivity index (χ2v) is 8.84. The summed E-state index contributed by atoms with van der Waals surface area (Å²) in [7, 11) is 0. The first-order chi connectivity index (χ1) is 9.50. The molecule has 0 amide bonds. The highest BCUT2D eigenvalue weighted by molar-refractivity contribution is 7.16. The van der Waals surface area contributed by atoms with Crippen molar-refractivity contribution in [2.24, 2.45) is 17.3 Å². The van der Waals surface area contributed by atoms with Gasteiger partial charge in [0.05, 0.1) is 4.34 Å². The second-order valence-electron chi connectivity index (χ2n) is 7.04. The molecule has 20 heavy (non-hydrogen) atoms. The van der Waals surface area contributed by atoms with E-state index in [0.717, 1.165) is 22.7 Å². The van der Waals surface area contributed by atoms with Crippen molar-refractivity contribution in [3.8, 4) is 0 Å². The summed E-state index contributed by atoms with van der Waals surface area (Å²) in [4.78, 5) is 1.46. The van der Waals surface area contributed by atoms with E-state index >= 15 is 0 Å². The zero-order chi connectivity index (χ0) is 14.6. The molecule has 0 saturated heterocycles. The summed E-state index contributed by atoms with van der Waals surface area (Å²) in [6.07, 6.45) is 6.52. The number of hydrogen-bond donors (Lipinski definition) is 1. The molecular weight excluding hydrogens is 286 g/mol. The third kappa shape index (κ3) is 4.75. The van der Waals surface area contributed by atoms with Gasteiger partial charge in [0, 0.05) is 4.88 Å². The van der Waals surface area contributed by atoms with Gasteiger partial charge in [0.25, 0.3) is 0 Å². The van der Waals surface area contributed by atoms with Crippen molar-refractivity contribution in [1.29, 1.82) is 0 Å². The molecule has 0 radical (unpaired) electrons. The first-order valence-electron chi connectivity index (χ1n) is 7.95. The second kappa shape index (κ2) is 7.29. The van der Waals surface area contributed by atoms with Gasteiger partial charge in [-0.25, -0.2) is 0 Å². The zero-order valence-electron chi connectivity index (χ0n) is 13.0. The van der Waals surface area contributed by atoms with Gasteiger partial charge >= 0.3 is 0 Å². The molecule has 2 rings (SSSR count). The smallest absolute Gasteiger partial charge is 0.0931 e. The molecule has 1 N–H and O–H groups in total. The quantitative estimate of drug-likeness (QED) is 0.695. The normalized spacial score (nSPS) is 25.8. The average Bonchev–Trinajstić information content (AvgIpc) is 2.77. The zero-order valence-corrected chi connectivity index (χ0v) is 14.6. The van der Waals surface area contributed by atoms with Gasteiger partial charge in [0.1, 0.15) is 0 Å². The van der Waals surface area contributed by atoms with E-state index in [9.17, 15) is 0 Å². The molecule has 1 saturated carbocycles. The van der Waals surface area contributed by atoms with E-state index in [0.29, 0.717) is 5.41 Å².